The molecule has 0 bridgehead atoms. The molecule has 0 saturated carbocycles. The number of hydrogen-bond acceptors (Lipinski definition) is 6. The lowest BCUT2D eigenvalue weighted by Crippen LogP contribution is -2.40. The third-order valence-corrected chi connectivity index (χ3v) is 3.84. The number of halogens is 2. The molecule has 2 unspecified atom stereocenters. The summed E-state index contributed by atoms with van der Waals surface area (Å²) in [5.74, 6) is 4.30. The van der Waals surface area contributed by atoms with Crippen LogP contribution in [0, 0.1) is 5.82 Å². The Bertz CT molecular complexity index is 794. The Labute approximate surface area is 147 Å². The highest BCUT2D eigenvalue weighted by Crippen LogP contribution is 2.24. The molecule has 0 amide bonds. The number of nitrogens with zero attached hydrogens (tertiary/aromatic N) is 6. The fraction of sp³-hybridized carbons (Fsp3) is 0.400. The van der Waals surface area contributed by atoms with Gasteiger partial charge in [-0.1, -0.05) is 5.22 Å². The average molecular weight is 364 g/mol. The zero-order chi connectivity index (χ0) is 18.4. The smallest absolute Gasteiger partial charge is 0.167 e. The maximum atomic E-state index is 14.0. The molecule has 11 heteroatoms. The molecule has 1 aromatic heterocycles. The second kappa shape index (κ2) is 8.43. The van der Waals surface area contributed by atoms with Crippen molar-refractivity contribution in [3.8, 4) is 5.75 Å². The predicted octanol–water partition coefficient (Wildman–Crippen LogP) is 1.85. The van der Waals surface area contributed by atoms with Gasteiger partial charge >= 0.3 is 0 Å². The molecular weight excluding hydrogens is 346 g/mol. The number of nitrogens with one attached hydrogen (secondary N) is 1. The van der Waals surface area contributed by atoms with Gasteiger partial charge < -0.3 is 15.9 Å². The van der Waals surface area contributed by atoms with Crippen LogP contribution in [-0.4, -0.2) is 40.6 Å². The molecule has 1 aromatic carbocycles. The molecular formula is C15H18F2N8O. The van der Waals surface area contributed by atoms with Crippen LogP contribution in [0.1, 0.15) is 18.2 Å². The van der Waals surface area contributed by atoms with Gasteiger partial charge in [-0.05, 0) is 25.1 Å². The highest BCUT2D eigenvalue weighted by Gasteiger charge is 2.27. The van der Waals surface area contributed by atoms with Gasteiger partial charge in [0.2, 0.25) is 0 Å². The number of hydrogen-bond donors (Lipinski definition) is 2. The second-order valence-electron chi connectivity index (χ2n) is 5.61. The Morgan fingerprint density at radius 1 is 1.46 bits per heavy atom. The SMILES string of the molecule is NN=NC=Nc1ccc(OCc2cnn(C3CCNCC3F)n2)c(F)c1. The predicted molar refractivity (Wildman–Crippen MR) is 89.4 cm³/mol. The summed E-state index contributed by atoms with van der Waals surface area (Å²) in [5.41, 5.74) is 0.827. The van der Waals surface area contributed by atoms with E-state index in [4.69, 9.17) is 10.6 Å². The molecule has 9 nitrogen and oxygen atoms in total. The van der Waals surface area contributed by atoms with Gasteiger partial charge in [-0.15, -0.1) is 5.11 Å². The maximum absolute atomic E-state index is 14.0. The monoisotopic (exact) mass is 364 g/mol. The van der Waals surface area contributed by atoms with Gasteiger partial charge in [-0.25, -0.2) is 13.8 Å². The lowest BCUT2D eigenvalue weighted by Gasteiger charge is -2.25. The number of nitrogens with two attached hydrogens (primary N) is 1. The molecule has 1 fully saturated rings. The van der Waals surface area contributed by atoms with E-state index in [-0.39, 0.29) is 18.9 Å². The molecule has 0 spiro atoms. The lowest BCUT2D eigenvalue weighted by atomic mass is 10.1. The number of benzene rings is 1. The zero-order valence-corrected chi connectivity index (χ0v) is 13.8. The van der Waals surface area contributed by atoms with E-state index in [0.29, 0.717) is 24.3 Å². The summed E-state index contributed by atoms with van der Waals surface area (Å²) in [7, 11) is 0. The highest BCUT2D eigenvalue weighted by atomic mass is 19.1. The van der Waals surface area contributed by atoms with E-state index in [1.165, 1.54) is 23.1 Å². The first-order chi connectivity index (χ1) is 12.7. The van der Waals surface area contributed by atoms with Crippen LogP contribution in [0.15, 0.2) is 39.7 Å². The molecule has 3 rings (SSSR count). The van der Waals surface area contributed by atoms with Crippen LogP contribution in [0.4, 0.5) is 14.5 Å². The summed E-state index contributed by atoms with van der Waals surface area (Å²) in [6.07, 6.45) is 2.15. The number of alkyl halides is 1. The molecule has 0 aliphatic carbocycles. The molecule has 0 radical (unpaired) electrons. The van der Waals surface area contributed by atoms with Crippen LogP contribution < -0.4 is 15.9 Å². The van der Waals surface area contributed by atoms with Crippen molar-refractivity contribution in [3.63, 3.8) is 0 Å². The molecule has 1 saturated heterocycles. The molecule has 26 heavy (non-hydrogen) atoms. The number of aliphatic imine (C=N–C) groups is 1. The number of aromatic nitrogens is 3. The number of ether oxygens (including phenoxy) is 1. The molecule has 1 aliphatic heterocycles. The third-order valence-electron chi connectivity index (χ3n) is 3.84. The lowest BCUT2D eigenvalue weighted by molar-refractivity contribution is 0.159. The van der Waals surface area contributed by atoms with E-state index in [1.807, 2.05) is 0 Å². The topological polar surface area (TPSA) is 115 Å². The Balaban J connectivity index is 1.60. The number of piperidine rings is 1. The van der Waals surface area contributed by atoms with Gasteiger partial charge in [0, 0.05) is 12.6 Å². The quantitative estimate of drug-likeness (QED) is 0.267. The largest absolute Gasteiger partial charge is 0.484 e. The van der Waals surface area contributed by atoms with Gasteiger partial charge in [0.1, 0.15) is 30.9 Å². The van der Waals surface area contributed by atoms with Crippen LogP contribution in [0.3, 0.4) is 0 Å². The van der Waals surface area contributed by atoms with Crippen LogP contribution >= 0.6 is 0 Å². The average Bonchev–Trinajstić information content (AvgIpc) is 3.10. The van der Waals surface area contributed by atoms with Crippen LogP contribution in [0.25, 0.3) is 0 Å². The van der Waals surface area contributed by atoms with Crippen molar-refractivity contribution in [2.75, 3.05) is 13.1 Å². The molecule has 138 valence electrons. The van der Waals surface area contributed by atoms with E-state index < -0.39 is 18.0 Å². The Morgan fingerprint density at radius 2 is 2.35 bits per heavy atom. The van der Waals surface area contributed by atoms with E-state index in [2.05, 4.69) is 30.8 Å². The molecule has 2 aromatic rings. The minimum Gasteiger partial charge on any atom is -0.484 e. The van der Waals surface area contributed by atoms with Crippen molar-refractivity contribution < 1.29 is 13.5 Å². The fourth-order valence-electron chi connectivity index (χ4n) is 2.56. The van der Waals surface area contributed by atoms with Crippen molar-refractivity contribution >= 4 is 12.0 Å². The minimum atomic E-state index is -1.05. The summed E-state index contributed by atoms with van der Waals surface area (Å²) in [6.45, 7) is 1.01. The van der Waals surface area contributed by atoms with Crippen molar-refractivity contribution in [1.82, 2.24) is 20.3 Å². The summed E-state index contributed by atoms with van der Waals surface area (Å²) < 4.78 is 33.4. The second-order valence-corrected chi connectivity index (χ2v) is 5.61. The Hall–Kier alpha value is -2.95. The van der Waals surface area contributed by atoms with Crippen molar-refractivity contribution in [3.05, 3.63) is 35.9 Å². The van der Waals surface area contributed by atoms with Gasteiger partial charge in [0.25, 0.3) is 0 Å². The maximum Gasteiger partial charge on any atom is 0.167 e. The van der Waals surface area contributed by atoms with Crippen molar-refractivity contribution in [1.29, 1.82) is 0 Å². The fourth-order valence-corrected chi connectivity index (χ4v) is 2.56. The zero-order valence-electron chi connectivity index (χ0n) is 13.8. The summed E-state index contributed by atoms with van der Waals surface area (Å²) in [5, 5.41) is 17.7. The normalized spacial score (nSPS) is 20.8. The summed E-state index contributed by atoms with van der Waals surface area (Å²) >= 11 is 0. The van der Waals surface area contributed by atoms with E-state index in [0.717, 1.165) is 6.34 Å². The molecule has 2 atom stereocenters. The molecule has 2 heterocycles. The third kappa shape index (κ3) is 4.36. The molecule has 1 aliphatic rings. The number of rotatable bonds is 6. The minimum absolute atomic E-state index is 0.0167. The van der Waals surface area contributed by atoms with Gasteiger partial charge in [0.15, 0.2) is 11.6 Å². The molecule has 3 N–H and O–H groups in total. The van der Waals surface area contributed by atoms with E-state index >= 15 is 0 Å². The highest BCUT2D eigenvalue weighted by molar-refractivity contribution is 5.61. The van der Waals surface area contributed by atoms with Crippen molar-refractivity contribution in [2.24, 2.45) is 21.2 Å². The van der Waals surface area contributed by atoms with Gasteiger partial charge in [-0.2, -0.15) is 15.0 Å². The first kappa shape index (κ1) is 17.9. The van der Waals surface area contributed by atoms with Gasteiger partial charge in [0.05, 0.1) is 11.9 Å². The van der Waals surface area contributed by atoms with E-state index in [9.17, 15) is 8.78 Å². The summed E-state index contributed by atoms with van der Waals surface area (Å²) in [6, 6.07) is 3.79. The first-order valence-corrected chi connectivity index (χ1v) is 7.98. The summed E-state index contributed by atoms with van der Waals surface area (Å²) in [4.78, 5) is 5.22. The van der Waals surface area contributed by atoms with Gasteiger partial charge in [-0.3, -0.25) is 0 Å². The Morgan fingerprint density at radius 3 is 3.12 bits per heavy atom. The van der Waals surface area contributed by atoms with E-state index in [1.54, 1.807) is 6.07 Å². The standard InChI is InChI=1S/C15H18F2N8O/c16-12-5-10(20-9-21-24-18)1-2-15(12)26-8-11-6-22-25(23-11)14-3-4-19-7-13(14)17/h1-2,5-6,9,13-14,19H,3-4,7-8H2,(H2,18,20,21). The first-order valence-electron chi connectivity index (χ1n) is 7.98. The van der Waals surface area contributed by atoms with Crippen molar-refractivity contribution in [2.45, 2.75) is 25.2 Å². The van der Waals surface area contributed by atoms with Crippen LogP contribution in [-0.2, 0) is 6.61 Å². The van der Waals surface area contributed by atoms with Crippen LogP contribution in [0.2, 0.25) is 0 Å². The van der Waals surface area contributed by atoms with Crippen LogP contribution in [0.5, 0.6) is 5.75 Å². The Kier molecular flexibility index (Phi) is 5.79.